The molecule has 0 saturated carbocycles. The van der Waals surface area contributed by atoms with Crippen molar-refractivity contribution in [2.45, 2.75) is 20.0 Å². The molecule has 2 rings (SSSR count). The van der Waals surface area contributed by atoms with E-state index in [4.69, 9.17) is 4.52 Å². The SMILES string of the molecule is Cc1cc(CNCc2cccc(O)c2)on1. The zero-order valence-electron chi connectivity index (χ0n) is 9.10. The molecule has 0 bridgehead atoms. The van der Waals surface area contributed by atoms with E-state index < -0.39 is 0 Å². The second-order valence-corrected chi connectivity index (χ2v) is 3.71. The van der Waals surface area contributed by atoms with Crippen LogP contribution in [0.5, 0.6) is 5.75 Å². The van der Waals surface area contributed by atoms with Crippen molar-refractivity contribution in [3.8, 4) is 5.75 Å². The van der Waals surface area contributed by atoms with Gasteiger partial charge < -0.3 is 14.9 Å². The van der Waals surface area contributed by atoms with Gasteiger partial charge in [-0.15, -0.1) is 0 Å². The molecule has 0 atom stereocenters. The number of phenols is 1. The van der Waals surface area contributed by atoms with Crippen LogP contribution in [-0.4, -0.2) is 10.3 Å². The predicted molar refractivity (Wildman–Crippen MR) is 59.9 cm³/mol. The fourth-order valence-corrected chi connectivity index (χ4v) is 1.50. The van der Waals surface area contributed by atoms with E-state index in [0.29, 0.717) is 13.1 Å². The maximum atomic E-state index is 9.28. The normalized spacial score (nSPS) is 10.6. The van der Waals surface area contributed by atoms with E-state index in [-0.39, 0.29) is 5.75 Å². The lowest BCUT2D eigenvalue weighted by atomic mass is 10.2. The fourth-order valence-electron chi connectivity index (χ4n) is 1.50. The van der Waals surface area contributed by atoms with Crippen molar-refractivity contribution in [1.82, 2.24) is 10.5 Å². The Bertz CT molecular complexity index is 466. The molecule has 1 aromatic heterocycles. The molecular weight excluding hydrogens is 204 g/mol. The number of phenolic OH excluding ortho intramolecular Hbond substituents is 1. The Hall–Kier alpha value is -1.81. The average molecular weight is 218 g/mol. The molecule has 2 N–H and O–H groups in total. The lowest BCUT2D eigenvalue weighted by molar-refractivity contribution is 0.369. The molecule has 0 aliphatic rings. The summed E-state index contributed by atoms with van der Waals surface area (Å²) in [7, 11) is 0. The molecule has 0 aliphatic heterocycles. The van der Waals surface area contributed by atoms with Gasteiger partial charge in [0.25, 0.3) is 0 Å². The van der Waals surface area contributed by atoms with E-state index in [9.17, 15) is 5.11 Å². The summed E-state index contributed by atoms with van der Waals surface area (Å²) in [6, 6.07) is 9.07. The van der Waals surface area contributed by atoms with Gasteiger partial charge in [0.15, 0.2) is 5.76 Å². The third-order valence-corrected chi connectivity index (χ3v) is 2.22. The lowest BCUT2D eigenvalue weighted by Gasteiger charge is -2.02. The highest BCUT2D eigenvalue weighted by Crippen LogP contribution is 2.10. The van der Waals surface area contributed by atoms with Gasteiger partial charge in [-0.25, -0.2) is 0 Å². The second-order valence-electron chi connectivity index (χ2n) is 3.71. The maximum absolute atomic E-state index is 9.28. The van der Waals surface area contributed by atoms with E-state index in [1.165, 1.54) is 0 Å². The minimum Gasteiger partial charge on any atom is -0.508 e. The molecule has 0 spiro atoms. The van der Waals surface area contributed by atoms with Gasteiger partial charge >= 0.3 is 0 Å². The van der Waals surface area contributed by atoms with Gasteiger partial charge in [0.2, 0.25) is 0 Å². The van der Waals surface area contributed by atoms with Crippen molar-refractivity contribution < 1.29 is 9.63 Å². The van der Waals surface area contributed by atoms with Crippen molar-refractivity contribution in [3.63, 3.8) is 0 Å². The zero-order chi connectivity index (χ0) is 11.4. The Morgan fingerprint density at radius 3 is 2.88 bits per heavy atom. The Morgan fingerprint density at radius 2 is 2.19 bits per heavy atom. The number of aryl methyl sites for hydroxylation is 1. The number of nitrogens with zero attached hydrogens (tertiary/aromatic N) is 1. The lowest BCUT2D eigenvalue weighted by Crippen LogP contribution is -2.11. The third kappa shape index (κ3) is 2.84. The van der Waals surface area contributed by atoms with Crippen LogP contribution in [0.3, 0.4) is 0 Å². The van der Waals surface area contributed by atoms with Crippen molar-refractivity contribution in [3.05, 3.63) is 47.3 Å². The summed E-state index contributed by atoms with van der Waals surface area (Å²) < 4.78 is 5.06. The van der Waals surface area contributed by atoms with E-state index in [1.54, 1.807) is 12.1 Å². The van der Waals surface area contributed by atoms with E-state index >= 15 is 0 Å². The molecule has 84 valence electrons. The van der Waals surface area contributed by atoms with Crippen LogP contribution in [-0.2, 0) is 13.1 Å². The summed E-state index contributed by atoms with van der Waals surface area (Å²) in [5.74, 6) is 1.10. The van der Waals surface area contributed by atoms with Crippen LogP contribution in [0.1, 0.15) is 17.0 Å². The zero-order valence-corrected chi connectivity index (χ0v) is 9.10. The molecule has 0 fully saturated rings. The summed E-state index contributed by atoms with van der Waals surface area (Å²) in [5.41, 5.74) is 1.92. The quantitative estimate of drug-likeness (QED) is 0.823. The van der Waals surface area contributed by atoms with Crippen LogP contribution < -0.4 is 5.32 Å². The monoisotopic (exact) mass is 218 g/mol. The summed E-state index contributed by atoms with van der Waals surface area (Å²) in [6.45, 7) is 3.22. The first-order valence-corrected chi connectivity index (χ1v) is 5.15. The van der Waals surface area contributed by atoms with Crippen LogP contribution in [0.15, 0.2) is 34.9 Å². The average Bonchev–Trinajstić information content (AvgIpc) is 2.64. The van der Waals surface area contributed by atoms with Crippen molar-refractivity contribution in [2.75, 3.05) is 0 Å². The summed E-state index contributed by atoms with van der Waals surface area (Å²) in [5, 5.41) is 16.3. The number of rotatable bonds is 4. The Morgan fingerprint density at radius 1 is 1.31 bits per heavy atom. The fraction of sp³-hybridized carbons (Fsp3) is 0.250. The highest BCUT2D eigenvalue weighted by molar-refractivity contribution is 5.26. The van der Waals surface area contributed by atoms with Gasteiger partial charge in [-0.05, 0) is 24.6 Å². The van der Waals surface area contributed by atoms with Gasteiger partial charge in [-0.1, -0.05) is 17.3 Å². The molecule has 2 aromatic rings. The van der Waals surface area contributed by atoms with Crippen LogP contribution >= 0.6 is 0 Å². The van der Waals surface area contributed by atoms with Gasteiger partial charge in [-0.2, -0.15) is 0 Å². The van der Waals surface area contributed by atoms with E-state index in [2.05, 4.69) is 10.5 Å². The van der Waals surface area contributed by atoms with Crippen molar-refractivity contribution >= 4 is 0 Å². The minimum absolute atomic E-state index is 0.287. The van der Waals surface area contributed by atoms with E-state index in [1.807, 2.05) is 25.1 Å². The maximum Gasteiger partial charge on any atom is 0.150 e. The van der Waals surface area contributed by atoms with Gasteiger partial charge in [0.05, 0.1) is 12.2 Å². The summed E-state index contributed by atoms with van der Waals surface area (Å²) >= 11 is 0. The molecule has 1 heterocycles. The first kappa shape index (κ1) is 10.7. The third-order valence-electron chi connectivity index (χ3n) is 2.22. The standard InChI is InChI=1S/C12H14N2O2/c1-9-5-12(16-14-9)8-13-7-10-3-2-4-11(15)6-10/h2-6,13,15H,7-8H2,1H3. The minimum atomic E-state index is 0.287. The van der Waals surface area contributed by atoms with Crippen molar-refractivity contribution in [1.29, 1.82) is 0 Å². The smallest absolute Gasteiger partial charge is 0.150 e. The Balaban J connectivity index is 1.84. The van der Waals surface area contributed by atoms with Gasteiger partial charge in [0, 0.05) is 12.6 Å². The molecule has 4 nitrogen and oxygen atoms in total. The first-order valence-electron chi connectivity index (χ1n) is 5.15. The molecule has 4 heteroatoms. The molecule has 0 amide bonds. The number of benzene rings is 1. The molecule has 0 saturated heterocycles. The predicted octanol–water partition coefficient (Wildman–Crippen LogP) is 1.98. The van der Waals surface area contributed by atoms with Gasteiger partial charge in [0.1, 0.15) is 5.75 Å². The number of aromatic nitrogens is 1. The highest BCUT2D eigenvalue weighted by atomic mass is 16.5. The number of hydrogen-bond acceptors (Lipinski definition) is 4. The Kier molecular flexibility index (Phi) is 3.22. The molecule has 0 radical (unpaired) electrons. The topological polar surface area (TPSA) is 58.3 Å². The van der Waals surface area contributed by atoms with Crippen LogP contribution in [0.25, 0.3) is 0 Å². The van der Waals surface area contributed by atoms with Crippen molar-refractivity contribution in [2.24, 2.45) is 0 Å². The first-order chi connectivity index (χ1) is 7.74. The van der Waals surface area contributed by atoms with Gasteiger partial charge in [-0.3, -0.25) is 0 Å². The molecule has 16 heavy (non-hydrogen) atoms. The highest BCUT2D eigenvalue weighted by Gasteiger charge is 2.00. The molecule has 0 unspecified atom stereocenters. The summed E-state index contributed by atoms with van der Waals surface area (Å²) in [4.78, 5) is 0. The second kappa shape index (κ2) is 4.81. The molecule has 1 aromatic carbocycles. The van der Waals surface area contributed by atoms with Crippen LogP contribution in [0.2, 0.25) is 0 Å². The summed E-state index contributed by atoms with van der Waals surface area (Å²) in [6.07, 6.45) is 0. The number of nitrogens with one attached hydrogen (secondary N) is 1. The van der Waals surface area contributed by atoms with Crippen LogP contribution in [0.4, 0.5) is 0 Å². The number of aromatic hydroxyl groups is 1. The Labute approximate surface area is 93.9 Å². The largest absolute Gasteiger partial charge is 0.508 e. The van der Waals surface area contributed by atoms with E-state index in [0.717, 1.165) is 17.0 Å². The number of hydrogen-bond donors (Lipinski definition) is 2. The molecular formula is C12H14N2O2. The van der Waals surface area contributed by atoms with Crippen LogP contribution in [0, 0.1) is 6.92 Å². The molecule has 0 aliphatic carbocycles.